The summed E-state index contributed by atoms with van der Waals surface area (Å²) in [6, 6.07) is 7.14. The number of benzene rings is 1. The molecule has 2 unspecified atom stereocenters. The molecule has 2 aromatic rings. The van der Waals surface area contributed by atoms with Crippen LogP contribution in [0.3, 0.4) is 0 Å². The third-order valence-corrected chi connectivity index (χ3v) is 5.86. The molecule has 0 radical (unpaired) electrons. The fourth-order valence-electron chi connectivity index (χ4n) is 3.88. The van der Waals surface area contributed by atoms with Gasteiger partial charge in [-0.3, -0.25) is 19.8 Å². The van der Waals surface area contributed by atoms with Crippen molar-refractivity contribution in [2.24, 2.45) is 16.8 Å². The number of anilines is 2. The minimum atomic E-state index is -1.35. The first-order chi connectivity index (χ1) is 18.7. The first-order valence-electron chi connectivity index (χ1n) is 12.7. The molecule has 39 heavy (non-hydrogen) atoms. The first kappa shape index (κ1) is 29.5. The predicted octanol–water partition coefficient (Wildman–Crippen LogP) is 0.175. The van der Waals surface area contributed by atoms with Gasteiger partial charge >= 0.3 is 0 Å². The second-order valence-corrected chi connectivity index (χ2v) is 9.62. The highest BCUT2D eigenvalue weighted by Gasteiger charge is 2.27. The number of hydrogen-bond donors (Lipinski definition) is 5. The summed E-state index contributed by atoms with van der Waals surface area (Å²) in [5, 5.41) is 19.0. The number of aryl methyl sites for hydroxylation is 1. The van der Waals surface area contributed by atoms with Crippen LogP contribution >= 0.6 is 0 Å². The lowest BCUT2D eigenvalue weighted by molar-refractivity contribution is -0.129. The number of nitrogens with one attached hydrogen (secondary N) is 3. The van der Waals surface area contributed by atoms with Crippen molar-refractivity contribution in [1.29, 1.82) is 0 Å². The average molecular weight is 541 g/mol. The molecule has 1 aromatic heterocycles. The highest BCUT2D eigenvalue weighted by atomic mass is 16.5. The second kappa shape index (κ2) is 14.2. The summed E-state index contributed by atoms with van der Waals surface area (Å²) in [7, 11) is 0. The number of carbonyl (C=O) groups is 3. The molecule has 2 atom stereocenters. The molecular weight excluding hydrogens is 504 g/mol. The number of ether oxygens (including phenoxy) is 1. The molecule has 1 aliphatic rings. The number of nitrogens with zero attached hydrogens (tertiary/aromatic N) is 4. The van der Waals surface area contributed by atoms with Crippen LogP contribution in [-0.2, 0) is 14.3 Å². The Labute approximate surface area is 227 Å². The van der Waals surface area contributed by atoms with Gasteiger partial charge in [-0.25, -0.2) is 9.97 Å². The third kappa shape index (κ3) is 9.00. The number of aliphatic hydroxyl groups excluding tert-OH is 1. The second-order valence-electron chi connectivity index (χ2n) is 9.62. The van der Waals surface area contributed by atoms with Gasteiger partial charge in [0.15, 0.2) is 5.82 Å². The van der Waals surface area contributed by atoms with E-state index in [0.717, 1.165) is 11.1 Å². The third-order valence-electron chi connectivity index (χ3n) is 5.86. The standard InChI is InChI=1S/C26H36N8O5/c1-16(2)11-19(23(27)36)29-25(37)20(15-35)30-26(38)24-31-21(13-22(32-24)34-7-9-39-10-8-34)33-28-14-18-6-4-5-17(3)12-18/h4-6,12-14,16,19-20,35H,7-11,15H2,1-3H3,(H2,27,36)(H,29,37)(H,30,38)(H,31,32,33)/b28-14+. The van der Waals surface area contributed by atoms with Crippen molar-refractivity contribution in [2.45, 2.75) is 39.3 Å². The molecule has 0 spiro atoms. The smallest absolute Gasteiger partial charge is 0.289 e. The normalized spacial score (nSPS) is 15.2. The number of hydrogen-bond acceptors (Lipinski definition) is 10. The van der Waals surface area contributed by atoms with Crippen LogP contribution in [0.15, 0.2) is 35.4 Å². The fraction of sp³-hybridized carbons (Fsp3) is 0.462. The summed E-state index contributed by atoms with van der Waals surface area (Å²) >= 11 is 0. The number of carbonyl (C=O) groups excluding carboxylic acids is 3. The zero-order valence-electron chi connectivity index (χ0n) is 22.4. The molecule has 13 heteroatoms. The molecule has 6 N–H and O–H groups in total. The Balaban J connectivity index is 1.79. The van der Waals surface area contributed by atoms with Gasteiger partial charge in [0.2, 0.25) is 17.6 Å². The summed E-state index contributed by atoms with van der Waals surface area (Å²) in [6.07, 6.45) is 1.94. The highest BCUT2D eigenvalue weighted by molar-refractivity contribution is 5.96. The Morgan fingerprint density at radius 2 is 1.90 bits per heavy atom. The van der Waals surface area contributed by atoms with Crippen molar-refractivity contribution in [3.63, 3.8) is 0 Å². The number of hydrazone groups is 1. The Hall–Kier alpha value is -4.10. The minimum absolute atomic E-state index is 0.0841. The summed E-state index contributed by atoms with van der Waals surface area (Å²) in [6.45, 7) is 7.17. The van der Waals surface area contributed by atoms with Crippen molar-refractivity contribution in [2.75, 3.05) is 43.2 Å². The van der Waals surface area contributed by atoms with E-state index < -0.39 is 36.4 Å². The number of aromatic nitrogens is 2. The van der Waals surface area contributed by atoms with Gasteiger partial charge in [0.25, 0.3) is 5.91 Å². The molecule has 210 valence electrons. The van der Waals surface area contributed by atoms with Crippen molar-refractivity contribution in [1.82, 2.24) is 20.6 Å². The van der Waals surface area contributed by atoms with E-state index in [-0.39, 0.29) is 17.6 Å². The van der Waals surface area contributed by atoms with Gasteiger partial charge in [0.1, 0.15) is 17.9 Å². The number of rotatable bonds is 12. The maximum Gasteiger partial charge on any atom is 0.289 e. The van der Waals surface area contributed by atoms with Crippen LogP contribution in [0, 0.1) is 12.8 Å². The van der Waals surface area contributed by atoms with Crippen LogP contribution in [-0.4, -0.2) is 84.0 Å². The van der Waals surface area contributed by atoms with Crippen molar-refractivity contribution < 1.29 is 24.2 Å². The van der Waals surface area contributed by atoms with Crippen molar-refractivity contribution in [3.8, 4) is 0 Å². The lowest BCUT2D eigenvalue weighted by atomic mass is 10.0. The lowest BCUT2D eigenvalue weighted by Gasteiger charge is -2.28. The fourth-order valence-corrected chi connectivity index (χ4v) is 3.88. The Morgan fingerprint density at radius 3 is 2.54 bits per heavy atom. The van der Waals surface area contributed by atoms with Crippen LogP contribution in [0.5, 0.6) is 0 Å². The monoisotopic (exact) mass is 540 g/mol. The molecule has 1 fully saturated rings. The average Bonchev–Trinajstić information content (AvgIpc) is 2.91. The van der Waals surface area contributed by atoms with Gasteiger partial charge in [0.05, 0.1) is 26.0 Å². The summed E-state index contributed by atoms with van der Waals surface area (Å²) in [4.78, 5) is 48.2. The SMILES string of the molecule is Cc1cccc(/C=N/Nc2cc(N3CCOCC3)nc(C(=O)NC(CO)C(=O)NC(CC(C)C)C(N)=O)n2)c1. The lowest BCUT2D eigenvalue weighted by Crippen LogP contribution is -2.54. The van der Waals surface area contributed by atoms with Crippen LogP contribution in [0.25, 0.3) is 0 Å². The zero-order valence-corrected chi connectivity index (χ0v) is 22.4. The van der Waals surface area contributed by atoms with Crippen LogP contribution < -0.4 is 26.7 Å². The van der Waals surface area contributed by atoms with E-state index in [1.54, 1.807) is 12.3 Å². The Kier molecular flexibility index (Phi) is 10.7. The molecule has 0 aliphatic carbocycles. The first-order valence-corrected chi connectivity index (χ1v) is 12.7. The molecule has 3 rings (SSSR count). The van der Waals surface area contributed by atoms with E-state index in [1.165, 1.54) is 0 Å². The topological polar surface area (TPSA) is 184 Å². The van der Waals surface area contributed by atoms with Gasteiger partial charge in [-0.2, -0.15) is 5.10 Å². The Bertz CT molecular complexity index is 1180. The molecule has 1 aromatic carbocycles. The maximum absolute atomic E-state index is 13.1. The van der Waals surface area contributed by atoms with E-state index in [2.05, 4.69) is 31.1 Å². The number of amides is 3. The van der Waals surface area contributed by atoms with E-state index >= 15 is 0 Å². The van der Waals surface area contributed by atoms with E-state index in [9.17, 15) is 19.5 Å². The van der Waals surface area contributed by atoms with Gasteiger partial charge in [-0.05, 0) is 24.8 Å². The van der Waals surface area contributed by atoms with Gasteiger partial charge in [-0.1, -0.05) is 43.7 Å². The molecule has 0 saturated carbocycles. The number of primary amides is 1. The molecule has 1 aliphatic heterocycles. The van der Waals surface area contributed by atoms with Crippen LogP contribution in [0.2, 0.25) is 0 Å². The summed E-state index contributed by atoms with van der Waals surface area (Å²) < 4.78 is 5.41. The molecular formula is C26H36N8O5. The van der Waals surface area contributed by atoms with Gasteiger partial charge in [-0.15, -0.1) is 0 Å². The number of nitrogens with two attached hydrogens (primary N) is 1. The van der Waals surface area contributed by atoms with E-state index in [4.69, 9.17) is 10.5 Å². The minimum Gasteiger partial charge on any atom is -0.394 e. The van der Waals surface area contributed by atoms with E-state index in [1.807, 2.05) is 49.9 Å². The molecule has 0 bridgehead atoms. The Morgan fingerprint density at radius 1 is 1.15 bits per heavy atom. The molecule has 3 amide bonds. The maximum atomic E-state index is 13.1. The molecule has 2 heterocycles. The van der Waals surface area contributed by atoms with Crippen molar-refractivity contribution >= 4 is 35.6 Å². The van der Waals surface area contributed by atoms with Crippen LogP contribution in [0.1, 0.15) is 42.0 Å². The molecule has 13 nitrogen and oxygen atoms in total. The highest BCUT2D eigenvalue weighted by Crippen LogP contribution is 2.18. The zero-order chi connectivity index (χ0) is 28.4. The number of morpholine rings is 1. The quantitative estimate of drug-likeness (QED) is 0.185. The summed E-state index contributed by atoms with van der Waals surface area (Å²) in [5.41, 5.74) is 10.2. The van der Waals surface area contributed by atoms with Gasteiger partial charge in [0, 0.05) is 19.2 Å². The van der Waals surface area contributed by atoms with Crippen LogP contribution in [0.4, 0.5) is 11.6 Å². The predicted molar refractivity (Wildman–Crippen MR) is 146 cm³/mol. The molecule has 1 saturated heterocycles. The van der Waals surface area contributed by atoms with E-state index in [0.29, 0.717) is 38.5 Å². The number of aliphatic hydroxyl groups is 1. The van der Waals surface area contributed by atoms with Crippen molar-refractivity contribution in [3.05, 3.63) is 47.3 Å². The largest absolute Gasteiger partial charge is 0.394 e. The summed E-state index contributed by atoms with van der Waals surface area (Å²) in [5.74, 6) is -1.65. The van der Waals surface area contributed by atoms with Gasteiger partial charge < -0.3 is 31.1 Å².